The van der Waals surface area contributed by atoms with Gasteiger partial charge >= 0.3 is 12.0 Å². The minimum atomic E-state index is -0.934. The Balaban J connectivity index is 2.25. The Kier molecular flexibility index (Phi) is 3.94. The number of hydrogen-bond donors (Lipinski definition) is 2. The fourth-order valence-corrected chi connectivity index (χ4v) is 2.30. The third-order valence-corrected chi connectivity index (χ3v) is 3.42. The molecule has 1 aromatic carbocycles. The number of rotatable bonds is 3. The predicted molar refractivity (Wildman–Crippen MR) is 75.6 cm³/mol. The molecular formula is C15H16N2O3. The summed E-state index contributed by atoms with van der Waals surface area (Å²) in [5, 5.41) is 12.0. The zero-order valence-electron chi connectivity index (χ0n) is 11.2. The van der Waals surface area contributed by atoms with Crippen molar-refractivity contribution in [3.05, 3.63) is 29.8 Å². The first-order valence-corrected chi connectivity index (χ1v) is 6.44. The number of carboxylic acid groups (broad SMARTS) is 1. The predicted octanol–water partition coefficient (Wildman–Crippen LogP) is 1.80. The number of carbonyl (C=O) groups is 2. The van der Waals surface area contributed by atoms with Gasteiger partial charge in [-0.3, -0.25) is 9.69 Å². The van der Waals surface area contributed by atoms with E-state index in [1.54, 1.807) is 24.3 Å². The van der Waals surface area contributed by atoms with Gasteiger partial charge < -0.3 is 10.4 Å². The van der Waals surface area contributed by atoms with Crippen LogP contribution in [0.4, 0.5) is 10.5 Å². The van der Waals surface area contributed by atoms with Gasteiger partial charge in [-0.2, -0.15) is 0 Å². The SMILES string of the molecule is C#CC(CC)NC(=O)N1CC(C(=O)O)c2ccccc21. The van der Waals surface area contributed by atoms with Crippen LogP contribution < -0.4 is 10.2 Å². The second kappa shape index (κ2) is 5.66. The minimum absolute atomic E-state index is 0.127. The molecule has 0 radical (unpaired) electrons. The molecule has 2 rings (SSSR count). The van der Waals surface area contributed by atoms with E-state index in [-0.39, 0.29) is 18.6 Å². The number of hydrogen-bond acceptors (Lipinski definition) is 2. The number of benzene rings is 1. The van der Waals surface area contributed by atoms with Crippen molar-refractivity contribution in [3.63, 3.8) is 0 Å². The van der Waals surface area contributed by atoms with Gasteiger partial charge in [0.25, 0.3) is 0 Å². The molecule has 1 aromatic rings. The lowest BCUT2D eigenvalue weighted by Crippen LogP contribution is -2.44. The molecule has 2 N–H and O–H groups in total. The molecule has 0 aromatic heterocycles. The summed E-state index contributed by atoms with van der Waals surface area (Å²) in [6.45, 7) is 2.00. The molecule has 5 heteroatoms. The Hall–Kier alpha value is -2.48. The molecule has 0 saturated carbocycles. The van der Waals surface area contributed by atoms with Gasteiger partial charge in [0.05, 0.1) is 6.04 Å². The molecule has 1 heterocycles. The number of urea groups is 1. The van der Waals surface area contributed by atoms with E-state index in [2.05, 4.69) is 11.2 Å². The Morgan fingerprint density at radius 3 is 2.85 bits per heavy atom. The van der Waals surface area contributed by atoms with Crippen molar-refractivity contribution in [2.75, 3.05) is 11.4 Å². The zero-order valence-corrected chi connectivity index (χ0v) is 11.2. The highest BCUT2D eigenvalue weighted by Crippen LogP contribution is 2.36. The summed E-state index contributed by atoms with van der Waals surface area (Å²) in [4.78, 5) is 24.9. The lowest BCUT2D eigenvalue weighted by atomic mass is 10.0. The van der Waals surface area contributed by atoms with Gasteiger partial charge in [0.1, 0.15) is 5.92 Å². The Bertz CT molecular complexity index is 577. The van der Waals surface area contributed by atoms with Crippen LogP contribution >= 0.6 is 0 Å². The second-order valence-corrected chi connectivity index (χ2v) is 4.64. The number of anilines is 1. The molecule has 0 fully saturated rings. The van der Waals surface area contributed by atoms with Crippen LogP contribution in [0.5, 0.6) is 0 Å². The molecule has 0 spiro atoms. The number of nitrogens with zero attached hydrogens (tertiary/aromatic N) is 1. The van der Waals surface area contributed by atoms with Crippen LogP contribution in [0.25, 0.3) is 0 Å². The second-order valence-electron chi connectivity index (χ2n) is 4.64. The minimum Gasteiger partial charge on any atom is -0.481 e. The summed E-state index contributed by atoms with van der Waals surface area (Å²) >= 11 is 0. The monoisotopic (exact) mass is 272 g/mol. The van der Waals surface area contributed by atoms with Crippen LogP contribution in [0.3, 0.4) is 0 Å². The lowest BCUT2D eigenvalue weighted by molar-refractivity contribution is -0.138. The van der Waals surface area contributed by atoms with Crippen molar-refractivity contribution in [1.29, 1.82) is 0 Å². The van der Waals surface area contributed by atoms with E-state index in [1.807, 2.05) is 6.92 Å². The number of amides is 2. The molecule has 0 saturated heterocycles. The molecule has 1 aliphatic rings. The van der Waals surface area contributed by atoms with E-state index in [0.29, 0.717) is 17.7 Å². The van der Waals surface area contributed by atoms with Gasteiger partial charge in [-0.1, -0.05) is 31.0 Å². The first-order valence-electron chi connectivity index (χ1n) is 6.44. The number of nitrogens with one attached hydrogen (secondary N) is 1. The number of para-hydroxylation sites is 1. The molecule has 20 heavy (non-hydrogen) atoms. The largest absolute Gasteiger partial charge is 0.481 e. The van der Waals surface area contributed by atoms with Crippen molar-refractivity contribution in [2.24, 2.45) is 0 Å². The topological polar surface area (TPSA) is 69.6 Å². The number of carboxylic acids is 1. The highest BCUT2D eigenvalue weighted by atomic mass is 16.4. The lowest BCUT2D eigenvalue weighted by Gasteiger charge is -2.20. The van der Waals surface area contributed by atoms with E-state index in [0.717, 1.165) is 0 Å². The first-order chi connectivity index (χ1) is 9.58. The van der Waals surface area contributed by atoms with Crippen LogP contribution in [-0.4, -0.2) is 29.7 Å². The zero-order chi connectivity index (χ0) is 14.7. The fourth-order valence-electron chi connectivity index (χ4n) is 2.30. The van der Waals surface area contributed by atoms with Crippen molar-refractivity contribution in [1.82, 2.24) is 5.32 Å². The number of aliphatic carboxylic acids is 1. The van der Waals surface area contributed by atoms with Gasteiger partial charge in [-0.15, -0.1) is 6.42 Å². The van der Waals surface area contributed by atoms with Crippen LogP contribution in [0.2, 0.25) is 0 Å². The average Bonchev–Trinajstić information content (AvgIpc) is 2.84. The molecule has 2 unspecified atom stereocenters. The Labute approximate surface area is 117 Å². The van der Waals surface area contributed by atoms with Gasteiger partial charge in [0, 0.05) is 12.2 Å². The summed E-state index contributed by atoms with van der Waals surface area (Å²) in [6.07, 6.45) is 5.95. The van der Waals surface area contributed by atoms with Crippen LogP contribution in [0, 0.1) is 12.3 Å². The third kappa shape index (κ3) is 2.45. The first kappa shape index (κ1) is 13.9. The molecule has 2 atom stereocenters. The van der Waals surface area contributed by atoms with Crippen molar-refractivity contribution in [2.45, 2.75) is 25.3 Å². The van der Waals surface area contributed by atoms with E-state index in [4.69, 9.17) is 6.42 Å². The van der Waals surface area contributed by atoms with E-state index in [1.165, 1.54) is 4.90 Å². The normalized spacial score (nSPS) is 18.0. The van der Waals surface area contributed by atoms with Gasteiger partial charge in [0.15, 0.2) is 0 Å². The van der Waals surface area contributed by atoms with E-state index >= 15 is 0 Å². The van der Waals surface area contributed by atoms with Gasteiger partial charge in [-0.05, 0) is 18.1 Å². The number of terminal acetylenes is 1. The highest BCUT2D eigenvalue weighted by Gasteiger charge is 2.36. The molecule has 104 valence electrons. The van der Waals surface area contributed by atoms with E-state index < -0.39 is 11.9 Å². The van der Waals surface area contributed by atoms with E-state index in [9.17, 15) is 14.7 Å². The highest BCUT2D eigenvalue weighted by molar-refractivity contribution is 5.98. The van der Waals surface area contributed by atoms with Crippen molar-refractivity contribution >= 4 is 17.7 Å². The number of fused-ring (bicyclic) bond motifs is 1. The summed E-state index contributed by atoms with van der Waals surface area (Å²) in [5.74, 6) is 0.864. The molecule has 5 nitrogen and oxygen atoms in total. The summed E-state index contributed by atoms with van der Waals surface area (Å²) in [5.41, 5.74) is 1.29. The maximum atomic E-state index is 12.2. The Morgan fingerprint density at radius 1 is 1.55 bits per heavy atom. The fraction of sp³-hybridized carbons (Fsp3) is 0.333. The summed E-state index contributed by atoms with van der Waals surface area (Å²) in [7, 11) is 0. The van der Waals surface area contributed by atoms with Crippen LogP contribution in [0.1, 0.15) is 24.8 Å². The van der Waals surface area contributed by atoms with Gasteiger partial charge in [-0.25, -0.2) is 4.79 Å². The Morgan fingerprint density at radius 2 is 2.25 bits per heavy atom. The number of carbonyl (C=O) groups excluding carboxylic acids is 1. The average molecular weight is 272 g/mol. The smallest absolute Gasteiger partial charge is 0.322 e. The maximum absolute atomic E-state index is 12.2. The summed E-state index contributed by atoms with van der Waals surface area (Å²) < 4.78 is 0. The van der Waals surface area contributed by atoms with Crippen LogP contribution in [-0.2, 0) is 4.79 Å². The molecular weight excluding hydrogens is 256 g/mol. The van der Waals surface area contributed by atoms with Crippen LogP contribution in [0.15, 0.2) is 24.3 Å². The molecule has 1 aliphatic heterocycles. The molecule has 2 amide bonds. The van der Waals surface area contributed by atoms with Gasteiger partial charge in [0.2, 0.25) is 0 Å². The molecule has 0 bridgehead atoms. The molecule has 0 aliphatic carbocycles. The maximum Gasteiger partial charge on any atom is 0.322 e. The van der Waals surface area contributed by atoms with Crippen molar-refractivity contribution < 1.29 is 14.7 Å². The standard InChI is InChI=1S/C15H16N2O3/c1-3-10(4-2)16-15(20)17-9-12(14(18)19)11-7-5-6-8-13(11)17/h1,5-8,10,12H,4,9H2,2H3,(H,16,20)(H,18,19). The summed E-state index contributed by atoms with van der Waals surface area (Å²) in [6, 6.07) is 6.33. The third-order valence-electron chi connectivity index (χ3n) is 3.42. The van der Waals surface area contributed by atoms with Crippen molar-refractivity contribution in [3.8, 4) is 12.3 Å². The quantitative estimate of drug-likeness (QED) is 0.824.